The topological polar surface area (TPSA) is 55.7 Å². The average Bonchev–Trinajstić information content (AvgIpc) is 1.88. The maximum absolute atomic E-state index is 10.6. The van der Waals surface area contributed by atoms with Gasteiger partial charge in [0.05, 0.1) is 7.11 Å². The third-order valence-electron chi connectivity index (χ3n) is 0.936. The lowest BCUT2D eigenvalue weighted by molar-refractivity contribution is -0.133. The summed E-state index contributed by atoms with van der Waals surface area (Å²) in [6.45, 7) is 1.26. The highest BCUT2D eigenvalue weighted by atomic mass is 16.5. The molecule has 56 valence electrons. The fourth-order valence-corrected chi connectivity index (χ4v) is 0.489. The Balaban J connectivity index is 4.39. The molecule has 0 aromatic heterocycles. The highest BCUT2D eigenvalue weighted by Crippen LogP contribution is 1.83. The van der Waals surface area contributed by atoms with Crippen molar-refractivity contribution in [2.24, 2.45) is 4.99 Å². The summed E-state index contributed by atoms with van der Waals surface area (Å²) in [5.41, 5.74) is -0.150. The Morgan fingerprint density at radius 3 is 2.00 bits per heavy atom. The molecule has 0 aromatic carbocycles. The van der Waals surface area contributed by atoms with E-state index in [9.17, 15) is 9.59 Å². The molecule has 0 aromatic rings. The van der Waals surface area contributed by atoms with Crippen LogP contribution < -0.4 is 0 Å². The second-order valence-electron chi connectivity index (χ2n) is 1.62. The summed E-state index contributed by atoms with van der Waals surface area (Å²) in [5, 5.41) is 0. The van der Waals surface area contributed by atoms with Gasteiger partial charge in [-0.15, -0.1) is 0 Å². The zero-order valence-corrected chi connectivity index (χ0v) is 6.17. The lowest BCUT2D eigenvalue weighted by Crippen LogP contribution is -2.22. The van der Waals surface area contributed by atoms with Crippen LogP contribution in [0.2, 0.25) is 0 Å². The molecule has 0 amide bonds. The van der Waals surface area contributed by atoms with E-state index in [1.807, 2.05) is 0 Å². The molecule has 0 rings (SSSR count). The molecule has 0 atom stereocenters. The highest BCUT2D eigenvalue weighted by molar-refractivity contribution is 6.63. The molecule has 0 heterocycles. The lowest BCUT2D eigenvalue weighted by atomic mass is 10.3. The minimum Gasteiger partial charge on any atom is -0.464 e. The zero-order valence-electron chi connectivity index (χ0n) is 6.17. The van der Waals surface area contributed by atoms with Crippen molar-refractivity contribution < 1.29 is 14.3 Å². The smallest absolute Gasteiger partial charge is 0.359 e. The van der Waals surface area contributed by atoms with Gasteiger partial charge in [0.25, 0.3) is 0 Å². The summed E-state index contributed by atoms with van der Waals surface area (Å²) in [6.07, 6.45) is 0. The predicted octanol–water partition coefficient (Wildman–Crippen LogP) is -0.181. The molecule has 0 saturated heterocycles. The first-order valence-corrected chi connectivity index (χ1v) is 2.69. The Bertz CT molecular complexity index is 183. The maximum atomic E-state index is 10.6. The van der Waals surface area contributed by atoms with E-state index in [-0.39, 0.29) is 11.5 Å². The Morgan fingerprint density at radius 2 is 1.90 bits per heavy atom. The first kappa shape index (κ1) is 8.81. The molecular weight excluding hydrogens is 134 g/mol. The molecule has 0 aliphatic heterocycles. The van der Waals surface area contributed by atoms with Crippen LogP contribution in [0.3, 0.4) is 0 Å². The van der Waals surface area contributed by atoms with Gasteiger partial charge in [-0.2, -0.15) is 0 Å². The second-order valence-corrected chi connectivity index (χ2v) is 1.62. The van der Waals surface area contributed by atoms with Gasteiger partial charge in [0, 0.05) is 14.0 Å². The molecule has 0 radical (unpaired) electrons. The highest BCUT2D eigenvalue weighted by Gasteiger charge is 2.14. The van der Waals surface area contributed by atoms with Crippen molar-refractivity contribution in [3.05, 3.63) is 0 Å². The van der Waals surface area contributed by atoms with E-state index in [1.54, 1.807) is 0 Å². The summed E-state index contributed by atoms with van der Waals surface area (Å²) in [5.74, 6) is -1.07. The van der Waals surface area contributed by atoms with Crippen LogP contribution in [0.1, 0.15) is 6.92 Å². The third kappa shape index (κ3) is 1.97. The summed E-state index contributed by atoms with van der Waals surface area (Å²) in [7, 11) is 2.57. The number of Topliss-reactive ketones (excluding diaryl/α,β-unsaturated/α-hetero) is 1. The Kier molecular flexibility index (Phi) is 3.32. The summed E-state index contributed by atoms with van der Waals surface area (Å²) >= 11 is 0. The summed E-state index contributed by atoms with van der Waals surface area (Å²) in [4.78, 5) is 24.6. The third-order valence-corrected chi connectivity index (χ3v) is 0.936. The second kappa shape index (κ2) is 3.76. The van der Waals surface area contributed by atoms with Gasteiger partial charge >= 0.3 is 5.97 Å². The van der Waals surface area contributed by atoms with Crippen molar-refractivity contribution >= 4 is 17.5 Å². The number of carbonyl (C=O) groups is 2. The van der Waals surface area contributed by atoms with Gasteiger partial charge in [0.2, 0.25) is 0 Å². The number of methoxy groups -OCH3 is 1. The van der Waals surface area contributed by atoms with Crippen LogP contribution in [0.25, 0.3) is 0 Å². The molecule has 0 unspecified atom stereocenters. The van der Waals surface area contributed by atoms with Crippen LogP contribution in [0.4, 0.5) is 0 Å². The first-order chi connectivity index (χ1) is 4.63. The lowest BCUT2D eigenvalue weighted by Gasteiger charge is -1.96. The monoisotopic (exact) mass is 143 g/mol. The zero-order chi connectivity index (χ0) is 8.15. The normalized spacial score (nSPS) is 10.9. The van der Waals surface area contributed by atoms with Crippen LogP contribution in [0, 0.1) is 0 Å². The van der Waals surface area contributed by atoms with Crippen molar-refractivity contribution in [1.82, 2.24) is 0 Å². The predicted molar refractivity (Wildman–Crippen MR) is 36.1 cm³/mol. The fraction of sp³-hybridized carbons (Fsp3) is 0.500. The quantitative estimate of drug-likeness (QED) is 0.306. The van der Waals surface area contributed by atoms with Gasteiger partial charge in [0.1, 0.15) is 0 Å². The van der Waals surface area contributed by atoms with E-state index in [0.29, 0.717) is 0 Å². The van der Waals surface area contributed by atoms with Crippen LogP contribution in [-0.4, -0.2) is 31.6 Å². The first-order valence-electron chi connectivity index (χ1n) is 2.69. The minimum absolute atomic E-state index is 0.150. The van der Waals surface area contributed by atoms with Crippen molar-refractivity contribution in [3.8, 4) is 0 Å². The number of esters is 1. The largest absolute Gasteiger partial charge is 0.464 e. The number of carbonyl (C=O) groups excluding carboxylic acids is 2. The summed E-state index contributed by atoms with van der Waals surface area (Å²) in [6, 6.07) is 0. The molecule has 4 heteroatoms. The van der Waals surface area contributed by atoms with Crippen LogP contribution in [0.15, 0.2) is 4.99 Å². The SMILES string of the molecule is CN=C(C(C)=O)C(=O)OC. The van der Waals surface area contributed by atoms with Gasteiger partial charge in [-0.05, 0) is 0 Å². The molecule has 0 N–H and O–H groups in total. The van der Waals surface area contributed by atoms with E-state index in [0.717, 1.165) is 0 Å². The molecule has 0 bridgehead atoms. The van der Waals surface area contributed by atoms with Crippen LogP contribution in [-0.2, 0) is 14.3 Å². The summed E-state index contributed by atoms with van der Waals surface area (Å²) < 4.78 is 4.27. The van der Waals surface area contributed by atoms with Crippen molar-refractivity contribution in [2.45, 2.75) is 6.92 Å². The number of hydrogen-bond acceptors (Lipinski definition) is 4. The van der Waals surface area contributed by atoms with Crippen LogP contribution in [0.5, 0.6) is 0 Å². The standard InChI is InChI=1S/C6H9NO3/c1-4(8)5(7-2)6(9)10-3/h1-3H3. The number of rotatable bonds is 2. The molecule has 0 spiro atoms. The Labute approximate surface area is 58.9 Å². The minimum atomic E-state index is -0.685. The van der Waals surface area contributed by atoms with E-state index < -0.39 is 5.97 Å². The Hall–Kier alpha value is -1.19. The number of nitrogens with zero attached hydrogens (tertiary/aromatic N) is 1. The van der Waals surface area contributed by atoms with Crippen molar-refractivity contribution in [3.63, 3.8) is 0 Å². The van der Waals surface area contributed by atoms with E-state index in [4.69, 9.17) is 0 Å². The van der Waals surface area contributed by atoms with Gasteiger partial charge in [-0.25, -0.2) is 4.79 Å². The van der Waals surface area contributed by atoms with Gasteiger partial charge in [0.15, 0.2) is 11.5 Å². The molecule has 0 fully saturated rings. The van der Waals surface area contributed by atoms with Crippen LogP contribution >= 0.6 is 0 Å². The molecule has 0 aliphatic carbocycles. The molecule has 0 saturated carbocycles. The molecule has 4 nitrogen and oxygen atoms in total. The Morgan fingerprint density at radius 1 is 1.40 bits per heavy atom. The number of hydrogen-bond donors (Lipinski definition) is 0. The van der Waals surface area contributed by atoms with E-state index in [1.165, 1.54) is 21.1 Å². The van der Waals surface area contributed by atoms with Gasteiger partial charge in [-0.1, -0.05) is 0 Å². The molecular formula is C6H9NO3. The van der Waals surface area contributed by atoms with Crippen molar-refractivity contribution in [2.75, 3.05) is 14.2 Å². The fourth-order valence-electron chi connectivity index (χ4n) is 0.489. The molecule has 0 aliphatic rings. The molecule has 10 heavy (non-hydrogen) atoms. The maximum Gasteiger partial charge on any atom is 0.359 e. The van der Waals surface area contributed by atoms with Gasteiger partial charge in [-0.3, -0.25) is 9.79 Å². The number of ether oxygens (including phenoxy) is 1. The van der Waals surface area contributed by atoms with Crippen molar-refractivity contribution in [1.29, 1.82) is 0 Å². The van der Waals surface area contributed by atoms with Gasteiger partial charge < -0.3 is 4.74 Å². The number of aliphatic imine (C=N–C) groups is 1. The van der Waals surface area contributed by atoms with E-state index >= 15 is 0 Å². The average molecular weight is 143 g/mol. The number of ketones is 1. The van der Waals surface area contributed by atoms with E-state index in [2.05, 4.69) is 9.73 Å².